The first-order valence-corrected chi connectivity index (χ1v) is 8.21. The summed E-state index contributed by atoms with van der Waals surface area (Å²) in [5, 5.41) is 9.99. The molecule has 116 valence electrons. The molecular weight excluding hydrogens is 286 g/mol. The molecule has 1 aromatic heterocycles. The van der Waals surface area contributed by atoms with Crippen LogP contribution in [0.15, 0.2) is 11.1 Å². The Morgan fingerprint density at radius 1 is 1.33 bits per heavy atom. The number of nitrogens with zero attached hydrogens (tertiary/aromatic N) is 3. The average Bonchev–Trinajstić information content (AvgIpc) is 2.39. The van der Waals surface area contributed by atoms with Gasteiger partial charge in [-0.2, -0.15) is 0 Å². The number of aromatic carboxylic acids is 1. The van der Waals surface area contributed by atoms with Crippen LogP contribution in [-0.4, -0.2) is 71.4 Å². The number of hydrogen-bond acceptors (Lipinski definition) is 5. The maximum atomic E-state index is 11.4. The first kappa shape index (κ1) is 16.3. The third kappa shape index (κ3) is 4.43. The zero-order chi connectivity index (χ0) is 15.4. The molecule has 0 aliphatic carbocycles. The minimum atomic E-state index is -0.887. The highest BCUT2D eigenvalue weighted by Crippen LogP contribution is 2.24. The van der Waals surface area contributed by atoms with Gasteiger partial charge < -0.3 is 10.0 Å². The highest BCUT2D eigenvalue weighted by Gasteiger charge is 2.17. The number of aromatic nitrogens is 1. The van der Waals surface area contributed by atoms with Crippen LogP contribution >= 0.6 is 11.8 Å². The number of carbonyl (C=O) groups is 1. The van der Waals surface area contributed by atoms with Crippen LogP contribution < -0.4 is 0 Å². The van der Waals surface area contributed by atoms with Crippen LogP contribution in [0.25, 0.3) is 0 Å². The summed E-state index contributed by atoms with van der Waals surface area (Å²) in [5.74, 6) is -0.0121. The molecule has 1 saturated heterocycles. The van der Waals surface area contributed by atoms with E-state index in [4.69, 9.17) is 0 Å². The van der Waals surface area contributed by atoms with E-state index in [2.05, 4.69) is 21.8 Å². The quantitative estimate of drug-likeness (QED) is 0.836. The van der Waals surface area contributed by atoms with Crippen LogP contribution in [0.2, 0.25) is 0 Å². The first-order chi connectivity index (χ1) is 9.97. The Kier molecular flexibility index (Phi) is 5.61. The van der Waals surface area contributed by atoms with Crippen molar-refractivity contribution in [3.63, 3.8) is 0 Å². The molecule has 2 rings (SSSR count). The molecule has 1 aromatic rings. The molecule has 0 unspecified atom stereocenters. The number of pyridine rings is 1. The molecule has 0 radical (unpaired) electrons. The molecular formula is C15H23N3O2S. The molecule has 1 N–H and O–H groups in total. The fourth-order valence-corrected chi connectivity index (χ4v) is 3.65. The summed E-state index contributed by atoms with van der Waals surface area (Å²) in [6, 6.07) is 1.83. The molecule has 1 aliphatic heterocycles. The molecule has 2 heterocycles. The number of carboxylic acid groups (broad SMARTS) is 1. The Bertz CT molecular complexity index is 514. The number of likely N-dealkylation sites (N-methyl/N-ethyl adjacent to an activating group) is 1. The molecule has 6 heteroatoms. The average molecular weight is 309 g/mol. The minimum absolute atomic E-state index is 0.351. The van der Waals surface area contributed by atoms with Crippen LogP contribution in [0.5, 0.6) is 0 Å². The van der Waals surface area contributed by atoms with Crippen LogP contribution in [-0.2, 0) is 0 Å². The van der Waals surface area contributed by atoms with E-state index in [-0.39, 0.29) is 0 Å². The second-order valence-electron chi connectivity index (χ2n) is 5.56. The van der Waals surface area contributed by atoms with Gasteiger partial charge in [-0.3, -0.25) is 4.90 Å². The summed E-state index contributed by atoms with van der Waals surface area (Å²) in [6.07, 6.45) is 0. The third-order valence-electron chi connectivity index (χ3n) is 3.77. The monoisotopic (exact) mass is 309 g/mol. The standard InChI is InChI=1S/C15H23N3O2S/c1-11-10-12(2)16-14(13(11)15(19)20)21-9-8-18-6-4-17(3)5-7-18/h10H,4-9H2,1-3H3,(H,19,20). The smallest absolute Gasteiger partial charge is 0.338 e. The lowest BCUT2D eigenvalue weighted by atomic mass is 10.1. The number of carboxylic acids is 1. The Morgan fingerprint density at radius 3 is 2.62 bits per heavy atom. The largest absolute Gasteiger partial charge is 0.478 e. The lowest BCUT2D eigenvalue weighted by Crippen LogP contribution is -2.45. The van der Waals surface area contributed by atoms with Crippen LogP contribution in [0.3, 0.4) is 0 Å². The molecule has 5 nitrogen and oxygen atoms in total. The van der Waals surface area contributed by atoms with Gasteiger partial charge in [0.2, 0.25) is 0 Å². The molecule has 21 heavy (non-hydrogen) atoms. The summed E-state index contributed by atoms with van der Waals surface area (Å²) in [7, 11) is 2.14. The Hall–Kier alpha value is -1.11. The summed E-state index contributed by atoms with van der Waals surface area (Å²) < 4.78 is 0. The topological polar surface area (TPSA) is 56.7 Å². The van der Waals surface area contributed by atoms with E-state index in [1.807, 2.05) is 19.9 Å². The van der Waals surface area contributed by atoms with Crippen molar-refractivity contribution in [2.75, 3.05) is 45.5 Å². The minimum Gasteiger partial charge on any atom is -0.478 e. The van der Waals surface area contributed by atoms with Gasteiger partial charge in [-0.25, -0.2) is 9.78 Å². The van der Waals surface area contributed by atoms with Crippen molar-refractivity contribution in [3.8, 4) is 0 Å². The second-order valence-corrected chi connectivity index (χ2v) is 6.64. The van der Waals surface area contributed by atoms with E-state index >= 15 is 0 Å². The summed E-state index contributed by atoms with van der Waals surface area (Å²) >= 11 is 1.55. The van der Waals surface area contributed by atoms with Gasteiger partial charge in [0.05, 0.1) is 5.56 Å². The number of hydrogen-bond donors (Lipinski definition) is 1. The van der Waals surface area contributed by atoms with Crippen molar-refractivity contribution < 1.29 is 9.90 Å². The van der Waals surface area contributed by atoms with E-state index in [0.29, 0.717) is 10.6 Å². The lowest BCUT2D eigenvalue weighted by molar-refractivity contribution is 0.0691. The van der Waals surface area contributed by atoms with Gasteiger partial charge in [0, 0.05) is 44.2 Å². The van der Waals surface area contributed by atoms with E-state index < -0.39 is 5.97 Å². The normalized spacial score (nSPS) is 17.1. The van der Waals surface area contributed by atoms with E-state index in [1.54, 1.807) is 11.8 Å². The van der Waals surface area contributed by atoms with Gasteiger partial charge in [0.1, 0.15) is 5.03 Å². The highest BCUT2D eigenvalue weighted by atomic mass is 32.2. The molecule has 1 fully saturated rings. The summed E-state index contributed by atoms with van der Waals surface area (Å²) in [4.78, 5) is 20.5. The number of aryl methyl sites for hydroxylation is 2. The van der Waals surface area contributed by atoms with Crippen LogP contribution in [0.1, 0.15) is 21.6 Å². The predicted molar refractivity (Wildman–Crippen MR) is 85.3 cm³/mol. The van der Waals surface area contributed by atoms with Gasteiger partial charge in [0.15, 0.2) is 0 Å². The molecule has 0 spiro atoms. The third-order valence-corrected chi connectivity index (χ3v) is 4.72. The molecule has 0 aromatic carbocycles. The van der Waals surface area contributed by atoms with Gasteiger partial charge in [-0.05, 0) is 32.5 Å². The van der Waals surface area contributed by atoms with Gasteiger partial charge >= 0.3 is 5.97 Å². The summed E-state index contributed by atoms with van der Waals surface area (Å²) in [6.45, 7) is 9.10. The van der Waals surface area contributed by atoms with Crippen molar-refractivity contribution in [2.24, 2.45) is 0 Å². The van der Waals surface area contributed by atoms with Crippen molar-refractivity contribution in [3.05, 3.63) is 22.9 Å². The Labute approximate surface area is 130 Å². The lowest BCUT2D eigenvalue weighted by Gasteiger charge is -2.32. The van der Waals surface area contributed by atoms with Gasteiger partial charge in [-0.15, -0.1) is 11.8 Å². The van der Waals surface area contributed by atoms with Crippen LogP contribution in [0, 0.1) is 13.8 Å². The zero-order valence-electron chi connectivity index (χ0n) is 12.9. The molecule has 0 bridgehead atoms. The fourth-order valence-electron chi connectivity index (χ4n) is 2.51. The number of piperazine rings is 1. The van der Waals surface area contributed by atoms with Gasteiger partial charge in [-0.1, -0.05) is 0 Å². The summed E-state index contributed by atoms with van der Waals surface area (Å²) in [5.41, 5.74) is 2.01. The maximum absolute atomic E-state index is 11.4. The first-order valence-electron chi connectivity index (χ1n) is 7.22. The SMILES string of the molecule is Cc1cc(C)c(C(=O)O)c(SCCN2CCN(C)CC2)n1. The van der Waals surface area contributed by atoms with Crippen molar-refractivity contribution >= 4 is 17.7 Å². The van der Waals surface area contributed by atoms with Gasteiger partial charge in [0.25, 0.3) is 0 Å². The number of rotatable bonds is 5. The Balaban J connectivity index is 1.95. The predicted octanol–water partition coefficient (Wildman–Crippen LogP) is 1.74. The van der Waals surface area contributed by atoms with E-state index in [9.17, 15) is 9.90 Å². The second kappa shape index (κ2) is 7.24. The van der Waals surface area contributed by atoms with Crippen LogP contribution in [0.4, 0.5) is 0 Å². The number of thioether (sulfide) groups is 1. The van der Waals surface area contributed by atoms with E-state index in [1.165, 1.54) is 0 Å². The van der Waals surface area contributed by atoms with E-state index in [0.717, 1.165) is 49.7 Å². The molecule has 0 saturated carbocycles. The van der Waals surface area contributed by atoms with Crippen molar-refractivity contribution in [2.45, 2.75) is 18.9 Å². The fraction of sp³-hybridized carbons (Fsp3) is 0.600. The zero-order valence-corrected chi connectivity index (χ0v) is 13.7. The molecule has 0 amide bonds. The Morgan fingerprint density at radius 2 is 2.00 bits per heavy atom. The van der Waals surface area contributed by atoms with Crippen molar-refractivity contribution in [1.29, 1.82) is 0 Å². The highest BCUT2D eigenvalue weighted by molar-refractivity contribution is 7.99. The maximum Gasteiger partial charge on any atom is 0.338 e. The molecule has 1 aliphatic rings. The molecule has 0 atom stereocenters. The van der Waals surface area contributed by atoms with Crippen molar-refractivity contribution in [1.82, 2.24) is 14.8 Å².